The van der Waals surface area contributed by atoms with Crippen molar-refractivity contribution in [2.24, 2.45) is 22.1 Å². The quantitative estimate of drug-likeness (QED) is 0.0199. The maximum Gasteiger partial charge on any atom is 0.347 e. The number of thioether (sulfide) groups is 1. The first-order chi connectivity index (χ1) is 35.4. The zero-order valence-electron chi connectivity index (χ0n) is 39.0. The van der Waals surface area contributed by atoms with Crippen molar-refractivity contribution < 1.29 is 75.8 Å². The van der Waals surface area contributed by atoms with Crippen LogP contribution in [0.25, 0.3) is 0 Å². The smallest absolute Gasteiger partial charge is 0.347 e. The van der Waals surface area contributed by atoms with E-state index in [2.05, 4.69) is 71.9 Å². The summed E-state index contributed by atoms with van der Waals surface area (Å²) in [6, 6.07) is -2.59. The summed E-state index contributed by atoms with van der Waals surface area (Å²) in [4.78, 5) is 120. The highest BCUT2D eigenvalue weighted by atomic mass is 32.2. The van der Waals surface area contributed by atoms with Crippen LogP contribution in [0, 0.1) is 18.8 Å². The Balaban J connectivity index is 0.000000184. The lowest BCUT2D eigenvalue weighted by Crippen LogP contribution is -2.81. The highest BCUT2D eigenvalue weighted by molar-refractivity contribution is 8.00. The topological polar surface area (TPSA) is 442 Å². The fourth-order valence-corrected chi connectivity index (χ4v) is 13.9. The lowest BCUT2D eigenvalue weighted by Gasteiger charge is -2.57. The van der Waals surface area contributed by atoms with Gasteiger partial charge in [0.25, 0.3) is 43.1 Å². The second-order valence-electron chi connectivity index (χ2n) is 17.8. The summed E-state index contributed by atoms with van der Waals surface area (Å²) in [5.74, 6) is -8.33. The largest absolute Gasteiger partial charge is 0.479 e. The van der Waals surface area contributed by atoms with E-state index in [0.717, 1.165) is 20.8 Å². The number of carboxylic acid groups (broad SMARTS) is 1. The third-order valence-electron chi connectivity index (χ3n) is 11.8. The Kier molecular flexibility index (Phi) is 13.6. The highest BCUT2D eigenvalue weighted by Crippen LogP contribution is 2.56. The number of aryl methyl sites for hydroxylation is 1. The summed E-state index contributed by atoms with van der Waals surface area (Å²) in [6.45, 7) is 5.46. The van der Waals surface area contributed by atoms with Gasteiger partial charge in [0.2, 0.25) is 24.9 Å². The second kappa shape index (κ2) is 19.5. The molecule has 6 aliphatic heterocycles. The Morgan fingerprint density at radius 3 is 2.13 bits per heavy atom. The number of H-pyrrole nitrogens is 1. The number of aromatic amines is 1. The van der Waals surface area contributed by atoms with E-state index in [4.69, 9.17) is 37.9 Å². The van der Waals surface area contributed by atoms with E-state index in [-0.39, 0.29) is 46.7 Å². The molecule has 10 rings (SSSR count). The number of ether oxygens (including phenoxy) is 3. The molecule has 394 valence electrons. The average Bonchev–Trinajstić information content (AvgIpc) is 4.21. The molecule has 0 unspecified atom stereocenters. The van der Waals surface area contributed by atoms with Crippen molar-refractivity contribution >= 4 is 116 Å². The predicted octanol–water partition coefficient (Wildman–Crippen LogP) is -4.21. The van der Waals surface area contributed by atoms with E-state index in [0.29, 0.717) is 10.8 Å². The lowest BCUT2D eigenvalue weighted by molar-refractivity contribution is -0.211. The third-order valence-corrected chi connectivity index (χ3v) is 16.7. The van der Waals surface area contributed by atoms with Crippen LogP contribution in [0.1, 0.15) is 61.7 Å². The number of carboxylic acids is 1. The number of nitrogens with two attached hydrogens (primary N) is 1. The van der Waals surface area contributed by atoms with Gasteiger partial charge in [-0.05, 0) is 38.1 Å². The number of amides is 4. The molecule has 6 fully saturated rings. The van der Waals surface area contributed by atoms with Crippen LogP contribution in [0.15, 0.2) is 21.1 Å². The van der Waals surface area contributed by atoms with Gasteiger partial charge in [-0.25, -0.2) is 28.0 Å². The molecule has 6 N–H and O–H groups in total. The van der Waals surface area contributed by atoms with Crippen LogP contribution >= 0.6 is 34.4 Å². The number of oxime groups is 2. The number of aliphatic carboxylic acids is 1. The molecule has 2 radical (unpaired) electrons. The minimum absolute atomic E-state index is 0.0116. The van der Waals surface area contributed by atoms with Crippen molar-refractivity contribution in [1.29, 1.82) is 0 Å². The van der Waals surface area contributed by atoms with Crippen molar-refractivity contribution in [3.05, 3.63) is 38.8 Å². The van der Waals surface area contributed by atoms with Crippen molar-refractivity contribution in [2.45, 2.75) is 80.4 Å². The van der Waals surface area contributed by atoms with Gasteiger partial charge in [-0.3, -0.25) is 43.2 Å². The molecule has 4 aromatic heterocycles. The number of fused-ring (bicyclic) bond motifs is 6. The van der Waals surface area contributed by atoms with Crippen molar-refractivity contribution in [3.8, 4) is 0 Å². The molecule has 4 amide bonds. The fraction of sp³-hybridized carbons (Fsp3) is 0.514. The zero-order valence-corrected chi connectivity index (χ0v) is 42.3. The van der Waals surface area contributed by atoms with Crippen LogP contribution in [0.2, 0.25) is 0 Å². The van der Waals surface area contributed by atoms with Gasteiger partial charge in [0.15, 0.2) is 31.8 Å². The summed E-state index contributed by atoms with van der Waals surface area (Å²) in [5.41, 5.74) is 0.725. The first kappa shape index (κ1) is 52.1. The monoisotopic (exact) mass is 1120 g/mol. The Morgan fingerprint density at radius 2 is 1.55 bits per heavy atom. The molecule has 38 heteroatoms. The van der Waals surface area contributed by atoms with E-state index in [1.165, 1.54) is 33.4 Å². The lowest BCUT2D eigenvalue weighted by atomic mass is 9.88. The third kappa shape index (κ3) is 9.44. The van der Waals surface area contributed by atoms with Gasteiger partial charge in [0.05, 0.1) is 29.5 Å². The van der Waals surface area contributed by atoms with Gasteiger partial charge in [0.1, 0.15) is 34.4 Å². The molecule has 33 nitrogen and oxygen atoms in total. The molecular formula is C37H38BN17O16S4. The van der Waals surface area contributed by atoms with Gasteiger partial charge in [-0.1, -0.05) is 15.5 Å². The van der Waals surface area contributed by atoms with Crippen molar-refractivity contribution in [1.82, 2.24) is 71.1 Å². The Labute approximate surface area is 433 Å². The Hall–Kier alpha value is -7.74. The number of hydrogen-bond acceptors (Lipinski definition) is 29. The van der Waals surface area contributed by atoms with Crippen LogP contribution < -0.4 is 16.4 Å². The predicted molar refractivity (Wildman–Crippen MR) is 248 cm³/mol. The van der Waals surface area contributed by atoms with Gasteiger partial charge < -0.3 is 45.4 Å². The van der Waals surface area contributed by atoms with Crippen LogP contribution in [-0.4, -0.2) is 194 Å². The maximum absolute atomic E-state index is 13.4. The minimum Gasteiger partial charge on any atom is -0.479 e. The van der Waals surface area contributed by atoms with E-state index in [1.807, 2.05) is 0 Å². The number of nitrogens with zero attached hydrogens (tertiary/aromatic N) is 13. The first-order valence-corrected chi connectivity index (χ1v) is 26.3. The minimum atomic E-state index is -4.08. The van der Waals surface area contributed by atoms with Gasteiger partial charge >= 0.3 is 23.9 Å². The Bertz CT molecular complexity index is 3200. The SMILES string of the molecule is Nc1nc(/C(=N/OCC(=O)O)C(=O)N[C@@H]2C(=O)N3[C@@H]2S(=O)(=O)C[C@@H]2CC(=O)O[C@@]23c2nn[nH]n2)cs1.[B]n1nnnc1[C@]12OC(=O)C[C@H]1CS[C@@H]1[C@H](NC(=O)/C(=N\OCC(=O)OC(C)(C)C)c3csc(C)n3)C(=O)N12. The number of carbonyl (C=O) groups excluding carboxylic acids is 7. The summed E-state index contributed by atoms with van der Waals surface area (Å²) >= 11 is 3.61. The van der Waals surface area contributed by atoms with Crippen LogP contribution in [0.5, 0.6) is 0 Å². The van der Waals surface area contributed by atoms with Gasteiger partial charge in [-0.15, -0.1) is 49.7 Å². The molecule has 10 heterocycles. The number of nitrogens with one attached hydrogen (secondary N) is 3. The normalized spacial score (nSPS) is 27.4. The number of thiazole rings is 2. The zero-order chi connectivity index (χ0) is 53.9. The standard InChI is InChI=1S/C21H23BN8O7S2.C16H15N9O9S2/c1-9-23-11(8-38-9)14(26-35-6-13(32)36-20(2,3)4)16(33)24-15-17(34)29-18(15)39-7-10-5-12(31)37-21(10,29)19-25-27-28-30(19)22;17-15-18-6(3-35-15)9(22-33-2-7(26)27)11(29)19-10-12(30)25-13(10)36(31,32)4-5-1-8(28)34-16(5,25)14-20-23-24-21-14/h8,10,15,18H,5-7H2,1-4H3,(H,24,33);3,5,10,13H,1-2,4H2,(H2,17,18)(H,19,29)(H,26,27)(H,20,21,23,24)/b26-14-;22-9-/t10-,15+,18+,21+;5-,10+,13+,16+/m00/s1. The number of nitrogen functional groups attached to an aromatic ring is 1. The number of β-lactam (4-membered cyclic amide) rings is 2. The summed E-state index contributed by atoms with van der Waals surface area (Å²) < 4.78 is 43.4. The number of tetrazole rings is 2. The van der Waals surface area contributed by atoms with Gasteiger partial charge in [0, 0.05) is 22.4 Å². The molecule has 0 spiro atoms. The molecule has 8 atom stereocenters. The van der Waals surface area contributed by atoms with Crippen LogP contribution in [0.4, 0.5) is 5.13 Å². The number of esters is 3. The Morgan fingerprint density at radius 1 is 0.920 bits per heavy atom. The van der Waals surface area contributed by atoms with Gasteiger partial charge in [-0.2, -0.15) is 5.21 Å². The fourth-order valence-electron chi connectivity index (χ4n) is 8.93. The number of anilines is 1. The van der Waals surface area contributed by atoms with Crippen molar-refractivity contribution in [3.63, 3.8) is 0 Å². The second-order valence-corrected chi connectivity index (χ2v) is 23.1. The van der Waals surface area contributed by atoms with E-state index < -0.39 is 134 Å². The summed E-state index contributed by atoms with van der Waals surface area (Å²) in [6.07, 6.45) is -0.243. The molecule has 6 aliphatic rings. The van der Waals surface area contributed by atoms with Crippen LogP contribution in [-0.2, 0) is 83.5 Å². The molecule has 75 heavy (non-hydrogen) atoms. The molecule has 0 aliphatic carbocycles. The number of hydrogen-bond donors (Lipinski definition) is 5. The number of rotatable bonds is 14. The molecule has 0 aromatic carbocycles. The first-order valence-electron chi connectivity index (χ1n) is 21.7. The summed E-state index contributed by atoms with van der Waals surface area (Å²) in [5, 5.41) is 46.7. The number of aromatic nitrogens is 10. The molecule has 0 bridgehead atoms. The molecule has 4 aromatic rings. The molecular weight excluding hydrogens is 1080 g/mol. The van der Waals surface area contributed by atoms with E-state index in [9.17, 15) is 46.8 Å². The van der Waals surface area contributed by atoms with Crippen molar-refractivity contribution in [2.75, 3.05) is 30.5 Å². The van der Waals surface area contributed by atoms with E-state index >= 15 is 0 Å². The maximum atomic E-state index is 13.4. The van der Waals surface area contributed by atoms with E-state index in [1.54, 1.807) is 33.1 Å². The van der Waals surface area contributed by atoms with Crippen LogP contribution in [0.3, 0.4) is 0 Å². The number of carbonyl (C=O) groups is 8. The number of sulfone groups is 1. The highest BCUT2D eigenvalue weighted by Gasteiger charge is 2.74. The summed E-state index contributed by atoms with van der Waals surface area (Å²) in [7, 11) is 1.79. The molecule has 6 saturated heterocycles. The molecule has 0 saturated carbocycles. The average molecular weight is 1120 g/mol.